The molecule has 164 valence electrons. The van der Waals surface area contributed by atoms with Gasteiger partial charge in [-0.15, -0.1) is 0 Å². The highest BCUT2D eigenvalue weighted by molar-refractivity contribution is 5.88. The first kappa shape index (κ1) is 20.3. The quantitative estimate of drug-likeness (QED) is 0.495. The van der Waals surface area contributed by atoms with Crippen molar-refractivity contribution < 1.29 is 9.47 Å². The average Bonchev–Trinajstić information content (AvgIpc) is 3.10. The van der Waals surface area contributed by atoms with Crippen LogP contribution in [-0.4, -0.2) is 47.8 Å². The van der Waals surface area contributed by atoms with E-state index < -0.39 is 0 Å². The number of nitrogens with zero attached hydrogens (tertiary/aromatic N) is 4. The summed E-state index contributed by atoms with van der Waals surface area (Å²) in [6.07, 6.45) is 1.78. The molecule has 2 aromatic heterocycles. The van der Waals surface area contributed by atoms with Crippen LogP contribution < -0.4 is 15.2 Å². The molecule has 0 saturated carbocycles. The minimum absolute atomic E-state index is 0.121. The van der Waals surface area contributed by atoms with Crippen LogP contribution in [0.4, 0.5) is 5.69 Å². The molecule has 2 aromatic carbocycles. The first-order valence-electron chi connectivity index (χ1n) is 10.8. The standard InChI is InChI=1S/C25H26N4O3/c1-17-23-16-26-29(20-9-7-19(8-10-20)27-11-13-32-14-12-27)25(30)24(23)18(2)28(17)21-5-4-6-22(15-21)31-3/h4-10,15-16H,11-14H2,1-3H3. The van der Waals surface area contributed by atoms with Crippen LogP contribution in [0.25, 0.3) is 22.1 Å². The summed E-state index contributed by atoms with van der Waals surface area (Å²) in [6, 6.07) is 15.8. The molecular formula is C25H26N4O3. The molecule has 0 amide bonds. The van der Waals surface area contributed by atoms with Crippen LogP contribution in [0.15, 0.2) is 59.5 Å². The smallest absolute Gasteiger partial charge is 0.281 e. The van der Waals surface area contributed by atoms with Gasteiger partial charge in [-0.25, -0.2) is 0 Å². The van der Waals surface area contributed by atoms with Gasteiger partial charge in [0.1, 0.15) is 5.75 Å². The fraction of sp³-hybridized carbons (Fsp3) is 0.280. The monoisotopic (exact) mass is 430 g/mol. The molecule has 3 heterocycles. The highest BCUT2D eigenvalue weighted by atomic mass is 16.5. The predicted molar refractivity (Wildman–Crippen MR) is 126 cm³/mol. The number of hydrogen-bond donors (Lipinski definition) is 0. The Morgan fingerprint density at radius 2 is 1.66 bits per heavy atom. The predicted octanol–water partition coefficient (Wildman–Crippen LogP) is 3.64. The van der Waals surface area contributed by atoms with E-state index in [1.54, 1.807) is 13.3 Å². The second-order valence-corrected chi connectivity index (χ2v) is 7.97. The van der Waals surface area contributed by atoms with Crippen LogP contribution in [-0.2, 0) is 4.74 Å². The number of anilines is 1. The zero-order valence-electron chi connectivity index (χ0n) is 18.5. The van der Waals surface area contributed by atoms with Gasteiger partial charge in [0.2, 0.25) is 0 Å². The van der Waals surface area contributed by atoms with E-state index >= 15 is 0 Å². The molecule has 7 heteroatoms. The van der Waals surface area contributed by atoms with Crippen LogP contribution in [0.1, 0.15) is 11.4 Å². The van der Waals surface area contributed by atoms with E-state index in [1.165, 1.54) is 4.68 Å². The maximum atomic E-state index is 13.5. The van der Waals surface area contributed by atoms with E-state index in [0.717, 1.165) is 65.9 Å². The fourth-order valence-electron chi connectivity index (χ4n) is 4.51. The molecule has 1 aliphatic rings. The molecule has 0 radical (unpaired) electrons. The Labute approximate surface area is 186 Å². The van der Waals surface area contributed by atoms with Crippen LogP contribution in [0.2, 0.25) is 0 Å². The Morgan fingerprint density at radius 3 is 2.38 bits per heavy atom. The van der Waals surface area contributed by atoms with Crippen molar-refractivity contribution >= 4 is 16.5 Å². The number of aromatic nitrogens is 3. The molecule has 32 heavy (non-hydrogen) atoms. The van der Waals surface area contributed by atoms with Crippen molar-refractivity contribution in [3.05, 3.63) is 76.5 Å². The number of hydrogen-bond acceptors (Lipinski definition) is 5. The number of fused-ring (bicyclic) bond motifs is 1. The third-order valence-electron chi connectivity index (χ3n) is 6.18. The zero-order valence-corrected chi connectivity index (χ0v) is 18.5. The highest BCUT2D eigenvalue weighted by Crippen LogP contribution is 2.28. The Bertz CT molecular complexity index is 1330. The number of rotatable bonds is 4. The molecule has 5 rings (SSSR count). The van der Waals surface area contributed by atoms with E-state index in [9.17, 15) is 4.79 Å². The van der Waals surface area contributed by atoms with Crippen molar-refractivity contribution in [2.45, 2.75) is 13.8 Å². The van der Waals surface area contributed by atoms with Gasteiger partial charge in [-0.05, 0) is 50.2 Å². The third kappa shape index (κ3) is 3.35. The largest absolute Gasteiger partial charge is 0.497 e. The Hall–Kier alpha value is -3.58. The van der Waals surface area contributed by atoms with Crippen LogP contribution >= 0.6 is 0 Å². The average molecular weight is 431 g/mol. The molecule has 1 aliphatic heterocycles. The molecule has 0 atom stereocenters. The number of aryl methyl sites for hydroxylation is 2. The molecule has 0 spiro atoms. The highest BCUT2D eigenvalue weighted by Gasteiger charge is 2.18. The summed E-state index contributed by atoms with van der Waals surface area (Å²) in [5.74, 6) is 0.773. The summed E-state index contributed by atoms with van der Waals surface area (Å²) >= 11 is 0. The maximum absolute atomic E-state index is 13.5. The molecule has 7 nitrogen and oxygen atoms in total. The summed E-state index contributed by atoms with van der Waals surface area (Å²) in [5.41, 5.74) is 4.57. The van der Waals surface area contributed by atoms with E-state index in [4.69, 9.17) is 9.47 Å². The molecule has 0 aliphatic carbocycles. The lowest BCUT2D eigenvalue weighted by molar-refractivity contribution is 0.122. The van der Waals surface area contributed by atoms with Gasteiger partial charge in [0, 0.05) is 47.3 Å². The van der Waals surface area contributed by atoms with Crippen molar-refractivity contribution in [1.29, 1.82) is 0 Å². The van der Waals surface area contributed by atoms with Crippen molar-refractivity contribution in [2.24, 2.45) is 0 Å². The molecule has 0 bridgehead atoms. The van der Waals surface area contributed by atoms with Gasteiger partial charge < -0.3 is 18.9 Å². The SMILES string of the molecule is COc1cccc(-n2c(C)c3cnn(-c4ccc(N5CCOCC5)cc4)c(=O)c3c2C)c1. The van der Waals surface area contributed by atoms with Gasteiger partial charge in [-0.2, -0.15) is 9.78 Å². The lowest BCUT2D eigenvalue weighted by atomic mass is 10.2. The lowest BCUT2D eigenvalue weighted by Crippen LogP contribution is -2.36. The van der Waals surface area contributed by atoms with E-state index in [1.807, 2.05) is 62.4 Å². The molecule has 1 fully saturated rings. The van der Waals surface area contributed by atoms with Crippen molar-refractivity contribution in [3.63, 3.8) is 0 Å². The lowest BCUT2D eigenvalue weighted by Gasteiger charge is -2.28. The normalized spacial score (nSPS) is 14.2. The second-order valence-electron chi connectivity index (χ2n) is 7.97. The van der Waals surface area contributed by atoms with Crippen LogP contribution in [0, 0.1) is 13.8 Å². The minimum atomic E-state index is -0.121. The number of morpholine rings is 1. The number of methoxy groups -OCH3 is 1. The maximum Gasteiger partial charge on any atom is 0.281 e. The van der Waals surface area contributed by atoms with Crippen molar-refractivity contribution in [1.82, 2.24) is 14.3 Å². The van der Waals surface area contributed by atoms with E-state index in [2.05, 4.69) is 14.6 Å². The topological polar surface area (TPSA) is 61.5 Å². The zero-order chi connectivity index (χ0) is 22.2. The van der Waals surface area contributed by atoms with Crippen molar-refractivity contribution in [2.75, 3.05) is 38.3 Å². The van der Waals surface area contributed by atoms with Crippen molar-refractivity contribution in [3.8, 4) is 17.1 Å². The number of benzene rings is 2. The second kappa shape index (κ2) is 8.16. The molecule has 0 unspecified atom stereocenters. The molecule has 4 aromatic rings. The van der Waals surface area contributed by atoms with Gasteiger partial charge in [0.25, 0.3) is 5.56 Å². The van der Waals surface area contributed by atoms with E-state index in [0.29, 0.717) is 5.39 Å². The summed E-state index contributed by atoms with van der Waals surface area (Å²) in [4.78, 5) is 15.8. The van der Waals surface area contributed by atoms with E-state index in [-0.39, 0.29) is 5.56 Å². The summed E-state index contributed by atoms with van der Waals surface area (Å²) < 4.78 is 14.4. The van der Waals surface area contributed by atoms with Gasteiger partial charge in [0.15, 0.2) is 0 Å². The minimum Gasteiger partial charge on any atom is -0.497 e. The Kier molecular flexibility index (Phi) is 5.19. The first-order chi connectivity index (χ1) is 15.6. The summed E-state index contributed by atoms with van der Waals surface area (Å²) in [6.45, 7) is 7.21. The third-order valence-corrected chi connectivity index (χ3v) is 6.18. The van der Waals surface area contributed by atoms with Gasteiger partial charge in [-0.1, -0.05) is 6.07 Å². The summed E-state index contributed by atoms with van der Waals surface area (Å²) in [7, 11) is 1.65. The summed E-state index contributed by atoms with van der Waals surface area (Å²) in [5, 5.41) is 6.03. The van der Waals surface area contributed by atoms with Crippen LogP contribution in [0.5, 0.6) is 5.75 Å². The molecule has 0 N–H and O–H groups in total. The van der Waals surface area contributed by atoms with Crippen LogP contribution in [0.3, 0.4) is 0 Å². The Balaban J connectivity index is 1.58. The van der Waals surface area contributed by atoms with Gasteiger partial charge in [0.05, 0.1) is 37.6 Å². The molecule has 1 saturated heterocycles. The first-order valence-corrected chi connectivity index (χ1v) is 10.8. The Morgan fingerprint density at radius 1 is 0.938 bits per heavy atom. The van der Waals surface area contributed by atoms with Gasteiger partial charge >= 0.3 is 0 Å². The number of ether oxygens (including phenoxy) is 2. The van der Waals surface area contributed by atoms with Gasteiger partial charge in [-0.3, -0.25) is 4.79 Å². The fourth-order valence-corrected chi connectivity index (χ4v) is 4.51. The molecular weight excluding hydrogens is 404 g/mol.